The van der Waals surface area contributed by atoms with Gasteiger partial charge in [-0.25, -0.2) is 4.79 Å². The number of hydrogen-bond acceptors (Lipinski definition) is 7. The monoisotopic (exact) mass is 456 g/mol. The smallest absolute Gasteiger partial charge is 0.337 e. The number of benzene rings is 2. The Balaban J connectivity index is 1.79. The second-order valence-electron chi connectivity index (χ2n) is 7.20. The number of phenolic OH excluding ortho intramolecular Hbond substituents is 1. The van der Waals surface area contributed by atoms with Crippen LogP contribution in [-0.4, -0.2) is 43.1 Å². The average Bonchev–Trinajstić information content (AvgIpc) is 2.79. The van der Waals surface area contributed by atoms with E-state index >= 15 is 0 Å². The Morgan fingerprint density at radius 2 is 1.97 bits per heavy atom. The van der Waals surface area contributed by atoms with Crippen LogP contribution in [0.3, 0.4) is 0 Å². The molecule has 2 aromatic rings. The highest BCUT2D eigenvalue weighted by Crippen LogP contribution is 2.40. The van der Waals surface area contributed by atoms with Gasteiger partial charge in [-0.1, -0.05) is 6.07 Å². The van der Waals surface area contributed by atoms with Crippen molar-refractivity contribution in [1.82, 2.24) is 5.32 Å². The van der Waals surface area contributed by atoms with Crippen LogP contribution in [0.15, 0.2) is 47.7 Å². The molecular formula is C23H24N2O6S. The van der Waals surface area contributed by atoms with E-state index in [2.05, 4.69) is 5.32 Å². The Morgan fingerprint density at radius 1 is 1.22 bits per heavy atom. The average molecular weight is 457 g/mol. The normalized spacial score (nSPS) is 17.7. The van der Waals surface area contributed by atoms with E-state index in [1.807, 2.05) is 32.0 Å². The molecule has 2 heterocycles. The van der Waals surface area contributed by atoms with Crippen molar-refractivity contribution >= 4 is 29.0 Å². The Kier molecular flexibility index (Phi) is 6.09. The number of carbonyl (C=O) groups excluding carboxylic acids is 1. The Bertz CT molecular complexity index is 1100. The van der Waals surface area contributed by atoms with E-state index in [9.17, 15) is 9.90 Å². The minimum absolute atomic E-state index is 0.0206. The fourth-order valence-corrected chi connectivity index (χ4v) is 4.19. The molecule has 2 N–H and O–H groups in total. The van der Waals surface area contributed by atoms with Crippen LogP contribution in [0.4, 0.5) is 5.69 Å². The molecule has 0 saturated heterocycles. The van der Waals surface area contributed by atoms with Crippen molar-refractivity contribution in [2.45, 2.75) is 19.9 Å². The Hall–Kier alpha value is -3.46. The minimum atomic E-state index is -0.580. The molecule has 0 aliphatic carbocycles. The molecule has 0 saturated carbocycles. The highest BCUT2D eigenvalue weighted by Gasteiger charge is 2.36. The van der Waals surface area contributed by atoms with Crippen LogP contribution < -0.4 is 24.4 Å². The number of methoxy groups -OCH3 is 1. The number of thiocarbonyl (C=S) groups is 1. The summed E-state index contributed by atoms with van der Waals surface area (Å²) in [5, 5.41) is 13.7. The quantitative estimate of drug-likeness (QED) is 0.519. The summed E-state index contributed by atoms with van der Waals surface area (Å²) in [4.78, 5) is 14.6. The third-order valence-electron chi connectivity index (χ3n) is 5.29. The number of phenols is 1. The number of fused-ring (bicyclic) bond motifs is 1. The van der Waals surface area contributed by atoms with Gasteiger partial charge in [-0.2, -0.15) is 0 Å². The summed E-state index contributed by atoms with van der Waals surface area (Å²) in [6.07, 6.45) is 0. The van der Waals surface area contributed by atoms with Gasteiger partial charge in [0.15, 0.2) is 28.1 Å². The summed E-state index contributed by atoms with van der Waals surface area (Å²) in [7, 11) is 1.34. The summed E-state index contributed by atoms with van der Waals surface area (Å²) in [5.74, 6) is 1.14. The van der Waals surface area contributed by atoms with Crippen molar-refractivity contribution in [2.24, 2.45) is 0 Å². The molecule has 2 aliphatic rings. The van der Waals surface area contributed by atoms with E-state index in [-0.39, 0.29) is 5.75 Å². The summed E-state index contributed by atoms with van der Waals surface area (Å²) in [6.45, 7) is 5.00. The molecule has 0 amide bonds. The molecule has 2 aliphatic heterocycles. The number of anilines is 1. The molecular weight excluding hydrogens is 432 g/mol. The summed E-state index contributed by atoms with van der Waals surface area (Å²) in [6, 6.07) is 9.86. The first-order valence-corrected chi connectivity index (χ1v) is 10.6. The topological polar surface area (TPSA) is 89.5 Å². The van der Waals surface area contributed by atoms with Crippen LogP contribution in [0.25, 0.3) is 0 Å². The van der Waals surface area contributed by atoms with Crippen molar-refractivity contribution in [3.8, 4) is 23.0 Å². The van der Waals surface area contributed by atoms with Gasteiger partial charge in [0.05, 0.1) is 31.0 Å². The molecule has 1 atom stereocenters. The first-order chi connectivity index (χ1) is 15.4. The van der Waals surface area contributed by atoms with Crippen LogP contribution in [-0.2, 0) is 9.53 Å². The maximum Gasteiger partial charge on any atom is 0.337 e. The van der Waals surface area contributed by atoms with E-state index in [1.54, 1.807) is 17.0 Å². The molecule has 0 bridgehead atoms. The molecule has 2 aromatic carbocycles. The number of hydrogen-bond donors (Lipinski definition) is 2. The first-order valence-electron chi connectivity index (χ1n) is 10.2. The lowest BCUT2D eigenvalue weighted by molar-refractivity contribution is -0.136. The zero-order valence-corrected chi connectivity index (χ0v) is 18.8. The van der Waals surface area contributed by atoms with Crippen molar-refractivity contribution in [3.63, 3.8) is 0 Å². The molecule has 4 rings (SSSR count). The molecule has 9 heteroatoms. The van der Waals surface area contributed by atoms with Gasteiger partial charge in [0, 0.05) is 11.8 Å². The maximum absolute atomic E-state index is 12.8. The lowest BCUT2D eigenvalue weighted by atomic mass is 9.94. The molecule has 0 fully saturated rings. The van der Waals surface area contributed by atoms with Crippen molar-refractivity contribution < 1.29 is 28.8 Å². The minimum Gasteiger partial charge on any atom is -0.504 e. The number of allylic oxidation sites excluding steroid dienone is 1. The molecule has 8 nitrogen and oxygen atoms in total. The number of nitrogens with zero attached hydrogens (tertiary/aromatic N) is 1. The predicted molar refractivity (Wildman–Crippen MR) is 122 cm³/mol. The number of rotatable bonds is 5. The van der Waals surface area contributed by atoms with Gasteiger partial charge in [0.2, 0.25) is 0 Å². The Labute approximate surface area is 191 Å². The number of carbonyl (C=O) groups is 1. The van der Waals surface area contributed by atoms with E-state index < -0.39 is 12.0 Å². The summed E-state index contributed by atoms with van der Waals surface area (Å²) in [5.41, 5.74) is 2.44. The fraction of sp³-hybridized carbons (Fsp3) is 0.304. The van der Waals surface area contributed by atoms with Gasteiger partial charge in [-0.15, -0.1) is 0 Å². The lowest BCUT2D eigenvalue weighted by Crippen LogP contribution is -2.48. The standard InChI is InChI=1S/C23H24N2O6S/c1-4-29-18-11-14(5-7-16(18)26)21-20(22(27)28-3)13(2)25(23(32)24-21)15-6-8-17-19(12-15)31-10-9-30-17/h5-8,11-12,21,26H,4,9-10H2,1-3H3,(H,24,32). The zero-order valence-electron chi connectivity index (χ0n) is 18.0. The largest absolute Gasteiger partial charge is 0.504 e. The van der Waals surface area contributed by atoms with Crippen molar-refractivity contribution in [1.29, 1.82) is 0 Å². The van der Waals surface area contributed by atoms with E-state index in [0.29, 0.717) is 59.0 Å². The van der Waals surface area contributed by atoms with Crippen LogP contribution >= 0.6 is 12.2 Å². The van der Waals surface area contributed by atoms with E-state index in [4.69, 9.17) is 31.2 Å². The second kappa shape index (κ2) is 8.96. The third-order valence-corrected chi connectivity index (χ3v) is 5.59. The lowest BCUT2D eigenvalue weighted by Gasteiger charge is -2.37. The number of nitrogens with one attached hydrogen (secondary N) is 1. The fourth-order valence-electron chi connectivity index (χ4n) is 3.83. The number of esters is 1. The van der Waals surface area contributed by atoms with Gasteiger partial charge in [-0.05, 0) is 55.9 Å². The number of aromatic hydroxyl groups is 1. The van der Waals surface area contributed by atoms with Crippen LogP contribution in [0, 0.1) is 0 Å². The molecule has 0 radical (unpaired) electrons. The van der Waals surface area contributed by atoms with Gasteiger partial charge in [0.25, 0.3) is 0 Å². The first kappa shape index (κ1) is 21.8. The van der Waals surface area contributed by atoms with Crippen LogP contribution in [0.1, 0.15) is 25.5 Å². The highest BCUT2D eigenvalue weighted by molar-refractivity contribution is 7.80. The summed E-state index contributed by atoms with van der Waals surface area (Å²) >= 11 is 5.68. The molecule has 1 unspecified atom stereocenters. The SMILES string of the molecule is CCOc1cc(C2NC(=S)N(c3ccc4c(c3)OCCO4)C(C)=C2C(=O)OC)ccc1O. The van der Waals surface area contributed by atoms with Gasteiger partial charge >= 0.3 is 5.97 Å². The Morgan fingerprint density at radius 3 is 2.69 bits per heavy atom. The maximum atomic E-state index is 12.8. The van der Waals surface area contributed by atoms with Crippen molar-refractivity contribution in [3.05, 3.63) is 53.2 Å². The highest BCUT2D eigenvalue weighted by atomic mass is 32.1. The molecule has 32 heavy (non-hydrogen) atoms. The van der Waals surface area contributed by atoms with Gasteiger partial charge < -0.3 is 29.4 Å². The predicted octanol–water partition coefficient (Wildman–Crippen LogP) is 3.44. The van der Waals surface area contributed by atoms with Crippen molar-refractivity contribution in [2.75, 3.05) is 31.8 Å². The van der Waals surface area contributed by atoms with Gasteiger partial charge in [-0.3, -0.25) is 4.90 Å². The van der Waals surface area contributed by atoms with Gasteiger partial charge in [0.1, 0.15) is 13.2 Å². The van der Waals surface area contributed by atoms with Crippen LogP contribution in [0.5, 0.6) is 23.0 Å². The summed E-state index contributed by atoms with van der Waals surface area (Å²) < 4.78 is 21.9. The zero-order chi connectivity index (χ0) is 22.8. The number of ether oxygens (including phenoxy) is 4. The molecule has 168 valence electrons. The van der Waals surface area contributed by atoms with E-state index in [0.717, 1.165) is 5.69 Å². The molecule has 0 spiro atoms. The third kappa shape index (κ3) is 3.91. The van der Waals surface area contributed by atoms with Crippen LogP contribution in [0.2, 0.25) is 0 Å². The van der Waals surface area contributed by atoms with E-state index in [1.165, 1.54) is 13.2 Å². The molecule has 0 aromatic heterocycles. The second-order valence-corrected chi connectivity index (χ2v) is 7.58.